The van der Waals surface area contributed by atoms with Gasteiger partial charge in [-0.15, -0.1) is 5.10 Å². The summed E-state index contributed by atoms with van der Waals surface area (Å²) in [4.78, 5) is 2.66. The molecule has 0 spiro atoms. The Hall–Kier alpha value is -0.940. The molecule has 94 valence electrons. The number of rotatable bonds is 5. The van der Waals surface area contributed by atoms with E-state index >= 15 is 0 Å². The third-order valence-corrected chi connectivity index (χ3v) is 3.77. The smallest absolute Gasteiger partial charge is 0.0964 e. The number of nitrogens with one attached hydrogen (secondary N) is 1. The number of aryl methyl sites for hydroxylation is 1. The van der Waals surface area contributed by atoms with E-state index in [4.69, 9.17) is 0 Å². The van der Waals surface area contributed by atoms with Gasteiger partial charge in [0, 0.05) is 32.4 Å². The van der Waals surface area contributed by atoms with E-state index in [1.807, 2.05) is 13.2 Å². The highest BCUT2D eigenvalue weighted by Crippen LogP contribution is 2.31. The second-order valence-electron chi connectivity index (χ2n) is 5.40. The molecule has 2 aliphatic rings. The minimum absolute atomic E-state index is 0.826. The summed E-state index contributed by atoms with van der Waals surface area (Å²) in [6.45, 7) is 4.55. The highest BCUT2D eigenvalue weighted by atomic mass is 15.4. The van der Waals surface area contributed by atoms with Gasteiger partial charge in [0.05, 0.1) is 5.69 Å². The zero-order chi connectivity index (χ0) is 11.7. The van der Waals surface area contributed by atoms with Crippen molar-refractivity contribution < 1.29 is 0 Å². The van der Waals surface area contributed by atoms with E-state index in [0.29, 0.717) is 0 Å². The Labute approximate surface area is 102 Å². The van der Waals surface area contributed by atoms with Crippen LogP contribution in [0.3, 0.4) is 0 Å². The molecule has 1 saturated carbocycles. The Morgan fingerprint density at radius 3 is 3.00 bits per heavy atom. The average Bonchev–Trinajstić information content (AvgIpc) is 2.93. The molecule has 1 N–H and O–H groups in total. The molecule has 1 atom stereocenters. The maximum Gasteiger partial charge on any atom is 0.0964 e. The van der Waals surface area contributed by atoms with Crippen LogP contribution in [0.4, 0.5) is 0 Å². The molecule has 5 nitrogen and oxygen atoms in total. The maximum atomic E-state index is 4.07. The van der Waals surface area contributed by atoms with Crippen LogP contribution in [0.1, 0.15) is 25.0 Å². The van der Waals surface area contributed by atoms with Crippen molar-refractivity contribution >= 4 is 0 Å². The van der Waals surface area contributed by atoms with Crippen molar-refractivity contribution in [3.63, 3.8) is 0 Å². The largest absolute Gasteiger partial charge is 0.311 e. The number of likely N-dealkylation sites (tertiary alicyclic amines) is 1. The van der Waals surface area contributed by atoms with Gasteiger partial charge in [-0.1, -0.05) is 5.21 Å². The van der Waals surface area contributed by atoms with E-state index in [-0.39, 0.29) is 0 Å². The molecular formula is C12H21N5. The van der Waals surface area contributed by atoms with Crippen LogP contribution in [0.15, 0.2) is 6.20 Å². The Morgan fingerprint density at radius 1 is 1.41 bits per heavy atom. The first-order chi connectivity index (χ1) is 8.31. The Balaban J connectivity index is 1.37. The SMILES string of the molecule is Cn1cc(CNCC2CCN(C3CC3)C2)nn1. The number of hydrogen-bond donors (Lipinski definition) is 1. The Morgan fingerprint density at radius 2 is 2.29 bits per heavy atom. The summed E-state index contributed by atoms with van der Waals surface area (Å²) in [5.74, 6) is 0.826. The lowest BCUT2D eigenvalue weighted by atomic mass is 10.1. The van der Waals surface area contributed by atoms with E-state index in [9.17, 15) is 0 Å². The van der Waals surface area contributed by atoms with Gasteiger partial charge in [0.25, 0.3) is 0 Å². The summed E-state index contributed by atoms with van der Waals surface area (Å²) in [6.07, 6.45) is 6.18. The molecule has 1 unspecified atom stereocenters. The molecule has 1 aromatic rings. The van der Waals surface area contributed by atoms with Gasteiger partial charge in [0.1, 0.15) is 0 Å². The third kappa shape index (κ3) is 2.84. The molecular weight excluding hydrogens is 214 g/mol. The Bertz CT molecular complexity index is 371. The van der Waals surface area contributed by atoms with Gasteiger partial charge in [-0.2, -0.15) is 0 Å². The zero-order valence-electron chi connectivity index (χ0n) is 10.5. The minimum atomic E-state index is 0.826. The zero-order valence-corrected chi connectivity index (χ0v) is 10.5. The van der Waals surface area contributed by atoms with Crippen LogP contribution in [0.25, 0.3) is 0 Å². The number of nitrogens with zero attached hydrogens (tertiary/aromatic N) is 4. The molecule has 1 aliphatic carbocycles. The quantitative estimate of drug-likeness (QED) is 0.802. The first-order valence-electron chi connectivity index (χ1n) is 6.61. The van der Waals surface area contributed by atoms with Crippen LogP contribution < -0.4 is 5.32 Å². The molecule has 0 amide bonds. The highest BCUT2D eigenvalue weighted by molar-refractivity contribution is 4.92. The standard InChI is InChI=1S/C12H21N5/c1-16-9-11(14-15-16)7-13-6-10-4-5-17(8-10)12-2-3-12/h9-10,12-13H,2-8H2,1H3. The fourth-order valence-corrected chi connectivity index (χ4v) is 2.68. The van der Waals surface area contributed by atoms with E-state index in [1.165, 1.54) is 32.4 Å². The van der Waals surface area contributed by atoms with Crippen molar-refractivity contribution in [3.8, 4) is 0 Å². The summed E-state index contributed by atoms with van der Waals surface area (Å²) in [5, 5.41) is 11.5. The normalized spacial score (nSPS) is 25.6. The van der Waals surface area contributed by atoms with E-state index in [0.717, 1.165) is 30.7 Å². The minimum Gasteiger partial charge on any atom is -0.311 e. The molecule has 17 heavy (non-hydrogen) atoms. The molecule has 1 saturated heterocycles. The van der Waals surface area contributed by atoms with E-state index in [2.05, 4.69) is 20.5 Å². The van der Waals surface area contributed by atoms with Crippen molar-refractivity contribution in [1.82, 2.24) is 25.2 Å². The molecule has 0 aromatic carbocycles. The molecule has 2 fully saturated rings. The molecule has 0 radical (unpaired) electrons. The highest BCUT2D eigenvalue weighted by Gasteiger charge is 2.33. The van der Waals surface area contributed by atoms with Gasteiger partial charge in [0.2, 0.25) is 0 Å². The predicted octanol–water partition coefficient (Wildman–Crippen LogP) is 0.389. The number of aromatic nitrogens is 3. The van der Waals surface area contributed by atoms with E-state index < -0.39 is 0 Å². The van der Waals surface area contributed by atoms with Gasteiger partial charge < -0.3 is 10.2 Å². The van der Waals surface area contributed by atoms with Crippen LogP contribution in [-0.4, -0.2) is 45.6 Å². The van der Waals surface area contributed by atoms with Gasteiger partial charge in [-0.05, 0) is 38.3 Å². The maximum absolute atomic E-state index is 4.07. The summed E-state index contributed by atoms with van der Waals surface area (Å²) >= 11 is 0. The topological polar surface area (TPSA) is 46.0 Å². The Kier molecular flexibility index (Phi) is 3.11. The molecule has 5 heteroatoms. The van der Waals surface area contributed by atoms with Crippen LogP contribution >= 0.6 is 0 Å². The van der Waals surface area contributed by atoms with Crippen molar-refractivity contribution in [3.05, 3.63) is 11.9 Å². The second-order valence-corrected chi connectivity index (χ2v) is 5.40. The van der Waals surface area contributed by atoms with Crippen LogP contribution in [-0.2, 0) is 13.6 Å². The second kappa shape index (κ2) is 4.74. The van der Waals surface area contributed by atoms with Crippen LogP contribution in [0, 0.1) is 5.92 Å². The van der Waals surface area contributed by atoms with Crippen molar-refractivity contribution in [2.75, 3.05) is 19.6 Å². The lowest BCUT2D eigenvalue weighted by molar-refractivity contribution is 0.311. The molecule has 3 rings (SSSR count). The van der Waals surface area contributed by atoms with Crippen molar-refractivity contribution in [2.24, 2.45) is 13.0 Å². The summed E-state index contributed by atoms with van der Waals surface area (Å²) in [6, 6.07) is 0.931. The van der Waals surface area contributed by atoms with Gasteiger partial charge in [-0.3, -0.25) is 4.68 Å². The lowest BCUT2D eigenvalue weighted by Gasteiger charge is -2.14. The van der Waals surface area contributed by atoms with Gasteiger partial charge in [0.15, 0.2) is 0 Å². The van der Waals surface area contributed by atoms with Gasteiger partial charge >= 0.3 is 0 Å². The fraction of sp³-hybridized carbons (Fsp3) is 0.833. The molecule has 2 heterocycles. The van der Waals surface area contributed by atoms with Crippen LogP contribution in [0.2, 0.25) is 0 Å². The monoisotopic (exact) mass is 235 g/mol. The average molecular weight is 235 g/mol. The predicted molar refractivity (Wildman–Crippen MR) is 65.4 cm³/mol. The summed E-state index contributed by atoms with van der Waals surface area (Å²) in [7, 11) is 1.90. The van der Waals surface area contributed by atoms with E-state index in [1.54, 1.807) is 4.68 Å². The molecule has 1 aromatic heterocycles. The first kappa shape index (κ1) is 11.2. The molecule has 0 bridgehead atoms. The first-order valence-corrected chi connectivity index (χ1v) is 6.61. The third-order valence-electron chi connectivity index (χ3n) is 3.77. The molecule has 1 aliphatic heterocycles. The number of hydrogen-bond acceptors (Lipinski definition) is 4. The van der Waals surface area contributed by atoms with Crippen molar-refractivity contribution in [2.45, 2.75) is 31.8 Å². The fourth-order valence-electron chi connectivity index (χ4n) is 2.68. The van der Waals surface area contributed by atoms with Gasteiger partial charge in [-0.25, -0.2) is 0 Å². The van der Waals surface area contributed by atoms with Crippen LogP contribution in [0.5, 0.6) is 0 Å². The lowest BCUT2D eigenvalue weighted by Crippen LogP contribution is -2.27. The summed E-state index contributed by atoms with van der Waals surface area (Å²) < 4.78 is 1.75. The summed E-state index contributed by atoms with van der Waals surface area (Å²) in [5.41, 5.74) is 1.03. The van der Waals surface area contributed by atoms with Crippen molar-refractivity contribution in [1.29, 1.82) is 0 Å².